The van der Waals surface area contributed by atoms with Gasteiger partial charge in [0, 0.05) is 13.0 Å². The van der Waals surface area contributed by atoms with Crippen molar-refractivity contribution < 1.29 is 14.6 Å². The maximum atomic E-state index is 9.08. The van der Waals surface area contributed by atoms with Crippen molar-refractivity contribution in [1.82, 2.24) is 0 Å². The van der Waals surface area contributed by atoms with Crippen LogP contribution >= 0.6 is 0 Å². The van der Waals surface area contributed by atoms with E-state index in [1.807, 2.05) is 13.8 Å². The summed E-state index contributed by atoms with van der Waals surface area (Å²) in [5.74, 6) is 0.150. The van der Waals surface area contributed by atoms with Crippen LogP contribution in [0.1, 0.15) is 13.8 Å². The van der Waals surface area contributed by atoms with E-state index in [4.69, 9.17) is 14.6 Å². The highest BCUT2D eigenvalue weighted by atomic mass is 16.6. The molecule has 0 aromatic rings. The first-order valence-electron chi connectivity index (χ1n) is 3.47. The number of methoxy groups -OCH3 is 1. The van der Waals surface area contributed by atoms with Gasteiger partial charge in [-0.05, 0) is 0 Å². The molecule has 62 valence electrons. The Bertz CT molecular complexity index is 73.3. The monoisotopic (exact) mass is 148 g/mol. The second-order valence-corrected chi connectivity index (χ2v) is 2.50. The Labute approximate surface area is 62.0 Å². The van der Waals surface area contributed by atoms with Gasteiger partial charge in [-0.1, -0.05) is 13.8 Å². The van der Waals surface area contributed by atoms with Crippen molar-refractivity contribution >= 4 is 0 Å². The predicted octanol–water partition coefficient (Wildman–Crippen LogP) is 0.624. The second-order valence-electron chi connectivity index (χ2n) is 2.50. The number of aliphatic hydroxyl groups excluding tert-OH is 1. The molecule has 0 saturated carbocycles. The molecular weight excluding hydrogens is 132 g/mol. The lowest BCUT2D eigenvalue weighted by Crippen LogP contribution is -2.20. The maximum absolute atomic E-state index is 9.08. The van der Waals surface area contributed by atoms with Gasteiger partial charge >= 0.3 is 0 Å². The first-order chi connectivity index (χ1) is 4.68. The Morgan fingerprint density at radius 1 is 1.30 bits per heavy atom. The summed E-state index contributed by atoms with van der Waals surface area (Å²) in [4.78, 5) is 0. The minimum atomic E-state index is -0.657. The van der Waals surface area contributed by atoms with Gasteiger partial charge in [0.2, 0.25) is 0 Å². The van der Waals surface area contributed by atoms with Gasteiger partial charge in [0.25, 0.3) is 0 Å². The van der Waals surface area contributed by atoms with Crippen LogP contribution in [-0.4, -0.2) is 31.7 Å². The fourth-order valence-electron chi connectivity index (χ4n) is 0.445. The molecule has 3 heteroatoms. The van der Waals surface area contributed by atoms with Gasteiger partial charge in [0.1, 0.15) is 0 Å². The number of hydrogen-bond acceptors (Lipinski definition) is 3. The molecule has 1 N–H and O–H groups in total. The van der Waals surface area contributed by atoms with Crippen molar-refractivity contribution in [2.24, 2.45) is 5.92 Å². The average molecular weight is 148 g/mol. The summed E-state index contributed by atoms with van der Waals surface area (Å²) in [6.45, 7) is 4.79. The third kappa shape index (κ3) is 4.73. The minimum Gasteiger partial charge on any atom is -0.382 e. The van der Waals surface area contributed by atoms with Gasteiger partial charge in [0.05, 0.1) is 13.2 Å². The minimum absolute atomic E-state index is 0.150. The molecule has 3 nitrogen and oxygen atoms in total. The van der Waals surface area contributed by atoms with Crippen molar-refractivity contribution in [3.05, 3.63) is 0 Å². The molecule has 0 aliphatic rings. The van der Waals surface area contributed by atoms with Crippen LogP contribution in [0.3, 0.4) is 0 Å². The highest BCUT2D eigenvalue weighted by molar-refractivity contribution is 4.45. The Morgan fingerprint density at radius 2 is 1.90 bits per heavy atom. The Hall–Kier alpha value is -0.120. The molecule has 0 amide bonds. The van der Waals surface area contributed by atoms with Gasteiger partial charge in [-0.25, -0.2) is 0 Å². The van der Waals surface area contributed by atoms with E-state index in [0.717, 1.165) is 0 Å². The number of rotatable bonds is 5. The average Bonchev–Trinajstić information content (AvgIpc) is 1.88. The maximum Gasteiger partial charge on any atom is 0.156 e. The van der Waals surface area contributed by atoms with Crippen molar-refractivity contribution in [3.8, 4) is 0 Å². The van der Waals surface area contributed by atoms with Gasteiger partial charge < -0.3 is 14.6 Å². The van der Waals surface area contributed by atoms with Crippen LogP contribution in [0.2, 0.25) is 0 Å². The van der Waals surface area contributed by atoms with E-state index in [0.29, 0.717) is 13.2 Å². The molecule has 0 unspecified atom stereocenters. The molecule has 0 heterocycles. The molecule has 0 saturated heterocycles. The summed E-state index contributed by atoms with van der Waals surface area (Å²) in [5.41, 5.74) is 0. The fourth-order valence-corrected chi connectivity index (χ4v) is 0.445. The topological polar surface area (TPSA) is 38.7 Å². The van der Waals surface area contributed by atoms with Crippen LogP contribution in [0, 0.1) is 5.92 Å². The lowest BCUT2D eigenvalue weighted by molar-refractivity contribution is -0.134. The SMILES string of the molecule is COCCO[C@H](O)C(C)C. The standard InChI is InChI=1S/C7H16O3/c1-6(2)7(8)10-5-4-9-3/h6-8H,4-5H2,1-3H3/t7-/m0/s1. The van der Waals surface area contributed by atoms with E-state index in [1.165, 1.54) is 0 Å². The second kappa shape index (κ2) is 5.65. The summed E-state index contributed by atoms with van der Waals surface area (Å²) in [7, 11) is 1.60. The molecule has 0 radical (unpaired) electrons. The van der Waals surface area contributed by atoms with E-state index < -0.39 is 6.29 Å². The molecule has 0 aliphatic carbocycles. The lowest BCUT2D eigenvalue weighted by Gasteiger charge is -2.14. The van der Waals surface area contributed by atoms with Crippen molar-refractivity contribution in [3.63, 3.8) is 0 Å². The molecule has 0 spiro atoms. The van der Waals surface area contributed by atoms with Crippen LogP contribution < -0.4 is 0 Å². The summed E-state index contributed by atoms with van der Waals surface area (Å²) in [6, 6.07) is 0. The number of ether oxygens (including phenoxy) is 2. The Morgan fingerprint density at radius 3 is 2.30 bits per heavy atom. The zero-order chi connectivity index (χ0) is 7.98. The van der Waals surface area contributed by atoms with Crippen LogP contribution in [0.4, 0.5) is 0 Å². The molecule has 0 aromatic carbocycles. The van der Waals surface area contributed by atoms with Crippen LogP contribution in [-0.2, 0) is 9.47 Å². The molecule has 1 atom stereocenters. The smallest absolute Gasteiger partial charge is 0.156 e. The summed E-state index contributed by atoms with van der Waals surface area (Å²) in [5, 5.41) is 9.08. The quantitative estimate of drug-likeness (QED) is 0.459. The molecule has 0 aliphatic heterocycles. The molecule has 0 fully saturated rings. The lowest BCUT2D eigenvalue weighted by atomic mass is 10.2. The third-order valence-corrected chi connectivity index (χ3v) is 1.15. The molecule has 10 heavy (non-hydrogen) atoms. The zero-order valence-electron chi connectivity index (χ0n) is 6.83. The number of aliphatic hydroxyl groups is 1. The molecule has 0 aromatic heterocycles. The van der Waals surface area contributed by atoms with Crippen molar-refractivity contribution in [1.29, 1.82) is 0 Å². The van der Waals surface area contributed by atoms with Gasteiger partial charge in [-0.3, -0.25) is 0 Å². The van der Waals surface area contributed by atoms with E-state index in [-0.39, 0.29) is 5.92 Å². The summed E-state index contributed by atoms with van der Waals surface area (Å²) >= 11 is 0. The molecular formula is C7H16O3. The van der Waals surface area contributed by atoms with Crippen LogP contribution in [0.5, 0.6) is 0 Å². The van der Waals surface area contributed by atoms with Crippen LogP contribution in [0.25, 0.3) is 0 Å². The van der Waals surface area contributed by atoms with Gasteiger partial charge in [-0.15, -0.1) is 0 Å². The van der Waals surface area contributed by atoms with Crippen LogP contribution in [0.15, 0.2) is 0 Å². The molecule has 0 rings (SSSR count). The van der Waals surface area contributed by atoms with E-state index in [1.54, 1.807) is 7.11 Å². The predicted molar refractivity (Wildman–Crippen MR) is 38.7 cm³/mol. The third-order valence-electron chi connectivity index (χ3n) is 1.15. The van der Waals surface area contributed by atoms with E-state index in [2.05, 4.69) is 0 Å². The normalized spacial score (nSPS) is 14.1. The Kier molecular flexibility index (Phi) is 5.58. The molecule has 0 bridgehead atoms. The number of hydrogen-bond donors (Lipinski definition) is 1. The summed E-state index contributed by atoms with van der Waals surface area (Å²) < 4.78 is 9.71. The fraction of sp³-hybridized carbons (Fsp3) is 1.00. The zero-order valence-corrected chi connectivity index (χ0v) is 6.83. The van der Waals surface area contributed by atoms with Crippen molar-refractivity contribution in [2.75, 3.05) is 20.3 Å². The van der Waals surface area contributed by atoms with E-state index >= 15 is 0 Å². The Balaban J connectivity index is 3.13. The highest BCUT2D eigenvalue weighted by Gasteiger charge is 2.07. The van der Waals surface area contributed by atoms with Crippen molar-refractivity contribution in [2.45, 2.75) is 20.1 Å². The van der Waals surface area contributed by atoms with Gasteiger partial charge in [-0.2, -0.15) is 0 Å². The first kappa shape index (κ1) is 9.88. The summed E-state index contributed by atoms with van der Waals surface area (Å²) in [6.07, 6.45) is -0.657. The largest absolute Gasteiger partial charge is 0.382 e. The highest BCUT2D eigenvalue weighted by Crippen LogP contribution is 2.01. The van der Waals surface area contributed by atoms with E-state index in [9.17, 15) is 0 Å². The van der Waals surface area contributed by atoms with Gasteiger partial charge in [0.15, 0.2) is 6.29 Å². The first-order valence-corrected chi connectivity index (χ1v) is 3.47.